The van der Waals surface area contributed by atoms with Gasteiger partial charge in [-0.2, -0.15) is 0 Å². The quantitative estimate of drug-likeness (QED) is 0.799. The smallest absolute Gasteiger partial charge is 0.312 e. The molecule has 4 nitrogen and oxygen atoms in total. The average molecular weight is 356 g/mol. The number of hydrogen-bond donors (Lipinski definition) is 2. The first-order chi connectivity index (χ1) is 11.0. The molecule has 0 radical (unpaired) electrons. The SMILES string of the molecule is O=C(CCc1cc(Cl)cs1)NCC(C(=O)O)c1ccc(F)cc1. The number of thiophene rings is 1. The Morgan fingerprint density at radius 2 is 2.00 bits per heavy atom. The molecule has 0 aliphatic heterocycles. The van der Waals surface area contributed by atoms with Crippen LogP contribution < -0.4 is 5.32 Å². The van der Waals surface area contributed by atoms with Crippen molar-refractivity contribution in [3.63, 3.8) is 0 Å². The number of benzene rings is 1. The predicted octanol–water partition coefficient (Wildman–Crippen LogP) is 3.46. The van der Waals surface area contributed by atoms with Gasteiger partial charge in [0.25, 0.3) is 0 Å². The molecule has 0 fully saturated rings. The van der Waals surface area contributed by atoms with E-state index in [4.69, 9.17) is 11.6 Å². The monoisotopic (exact) mass is 355 g/mol. The van der Waals surface area contributed by atoms with Crippen molar-refractivity contribution in [2.45, 2.75) is 18.8 Å². The molecule has 1 aromatic heterocycles. The van der Waals surface area contributed by atoms with E-state index in [9.17, 15) is 19.1 Å². The maximum atomic E-state index is 12.9. The first-order valence-electron chi connectivity index (χ1n) is 6.93. The van der Waals surface area contributed by atoms with Gasteiger partial charge < -0.3 is 10.4 Å². The highest BCUT2D eigenvalue weighted by atomic mass is 35.5. The van der Waals surface area contributed by atoms with E-state index in [1.165, 1.54) is 35.6 Å². The van der Waals surface area contributed by atoms with E-state index in [2.05, 4.69) is 5.32 Å². The van der Waals surface area contributed by atoms with Gasteiger partial charge in [-0.1, -0.05) is 23.7 Å². The predicted molar refractivity (Wildman–Crippen MR) is 87.4 cm³/mol. The molecule has 0 bridgehead atoms. The standard InChI is InChI=1S/C16H15ClFNO3S/c17-11-7-13(23-9-11)5-6-15(20)19-8-14(16(21)22)10-1-3-12(18)4-2-10/h1-4,7,9,14H,5-6,8H2,(H,19,20)(H,21,22). The van der Waals surface area contributed by atoms with Crippen molar-refractivity contribution >= 4 is 34.8 Å². The normalized spacial score (nSPS) is 11.9. The highest BCUT2D eigenvalue weighted by Gasteiger charge is 2.20. The minimum absolute atomic E-state index is 0.0367. The number of carbonyl (C=O) groups is 2. The molecule has 7 heteroatoms. The van der Waals surface area contributed by atoms with Crippen LogP contribution >= 0.6 is 22.9 Å². The van der Waals surface area contributed by atoms with E-state index >= 15 is 0 Å². The zero-order chi connectivity index (χ0) is 16.8. The fourth-order valence-electron chi connectivity index (χ4n) is 2.07. The van der Waals surface area contributed by atoms with Crippen molar-refractivity contribution in [1.82, 2.24) is 5.32 Å². The summed E-state index contributed by atoms with van der Waals surface area (Å²) in [6.45, 7) is -0.0367. The zero-order valence-electron chi connectivity index (χ0n) is 12.1. The van der Waals surface area contributed by atoms with Gasteiger partial charge in [0.05, 0.1) is 10.9 Å². The molecule has 1 aromatic carbocycles. The second-order valence-corrected chi connectivity index (χ2v) is 6.41. The second kappa shape index (κ2) is 8.08. The molecule has 2 N–H and O–H groups in total. The average Bonchev–Trinajstić information content (AvgIpc) is 2.92. The van der Waals surface area contributed by atoms with Crippen molar-refractivity contribution in [1.29, 1.82) is 0 Å². The van der Waals surface area contributed by atoms with Crippen molar-refractivity contribution in [2.75, 3.05) is 6.54 Å². The third-order valence-electron chi connectivity index (χ3n) is 3.29. The molecule has 1 heterocycles. The summed E-state index contributed by atoms with van der Waals surface area (Å²) in [6.07, 6.45) is 0.810. The minimum atomic E-state index is -1.07. The van der Waals surface area contributed by atoms with E-state index in [0.717, 1.165) is 4.88 Å². The van der Waals surface area contributed by atoms with Gasteiger partial charge in [0.1, 0.15) is 5.82 Å². The van der Waals surface area contributed by atoms with E-state index < -0.39 is 17.7 Å². The topological polar surface area (TPSA) is 66.4 Å². The Morgan fingerprint density at radius 1 is 1.30 bits per heavy atom. The number of aryl methyl sites for hydroxylation is 1. The Morgan fingerprint density at radius 3 is 2.57 bits per heavy atom. The number of rotatable bonds is 7. The number of carboxylic acid groups (broad SMARTS) is 1. The van der Waals surface area contributed by atoms with Crippen LogP contribution in [0.3, 0.4) is 0 Å². The first kappa shape index (κ1) is 17.4. The number of carboxylic acids is 1. The zero-order valence-corrected chi connectivity index (χ0v) is 13.7. The van der Waals surface area contributed by atoms with Crippen LogP contribution in [0.15, 0.2) is 35.7 Å². The number of nitrogens with one attached hydrogen (secondary N) is 1. The molecule has 0 saturated heterocycles. The van der Waals surface area contributed by atoms with Gasteiger partial charge in [-0.3, -0.25) is 9.59 Å². The molecular weight excluding hydrogens is 341 g/mol. The Bertz CT molecular complexity index is 687. The van der Waals surface area contributed by atoms with Gasteiger partial charge in [0.2, 0.25) is 5.91 Å². The third-order valence-corrected chi connectivity index (χ3v) is 4.64. The molecule has 1 atom stereocenters. The second-order valence-electron chi connectivity index (χ2n) is 4.98. The lowest BCUT2D eigenvalue weighted by Crippen LogP contribution is -2.31. The Labute approximate surface area is 141 Å². The molecule has 1 unspecified atom stereocenters. The Kier molecular flexibility index (Phi) is 6.12. The molecule has 1 amide bonds. The molecule has 2 aromatic rings. The van der Waals surface area contributed by atoms with E-state index in [1.54, 1.807) is 11.4 Å². The summed E-state index contributed by atoms with van der Waals surface area (Å²) in [4.78, 5) is 24.2. The van der Waals surface area contributed by atoms with Crippen LogP contribution in [0.2, 0.25) is 5.02 Å². The van der Waals surface area contributed by atoms with E-state index in [-0.39, 0.29) is 18.9 Å². The van der Waals surface area contributed by atoms with E-state index in [0.29, 0.717) is 17.0 Å². The lowest BCUT2D eigenvalue weighted by Gasteiger charge is -2.13. The van der Waals surface area contributed by atoms with Crippen molar-refractivity contribution in [3.05, 3.63) is 57.0 Å². The highest BCUT2D eigenvalue weighted by Crippen LogP contribution is 2.20. The maximum Gasteiger partial charge on any atom is 0.312 e. The number of aliphatic carboxylic acids is 1. The summed E-state index contributed by atoms with van der Waals surface area (Å²) in [5.41, 5.74) is 0.448. The summed E-state index contributed by atoms with van der Waals surface area (Å²) < 4.78 is 12.9. The molecule has 0 aliphatic rings. The van der Waals surface area contributed by atoms with Gasteiger partial charge in [-0.15, -0.1) is 11.3 Å². The minimum Gasteiger partial charge on any atom is -0.481 e. The van der Waals surface area contributed by atoms with Gasteiger partial charge in [-0.05, 0) is 30.2 Å². The molecular formula is C16H15ClFNO3S. The summed E-state index contributed by atoms with van der Waals surface area (Å²) >= 11 is 7.29. The van der Waals surface area contributed by atoms with E-state index in [1.807, 2.05) is 0 Å². The fraction of sp³-hybridized carbons (Fsp3) is 0.250. The molecule has 0 spiro atoms. The van der Waals surface area contributed by atoms with Gasteiger partial charge in [-0.25, -0.2) is 4.39 Å². The lowest BCUT2D eigenvalue weighted by molar-refractivity contribution is -0.138. The number of carbonyl (C=O) groups excluding carboxylic acids is 1. The third kappa shape index (κ3) is 5.33. The molecule has 0 saturated carbocycles. The highest BCUT2D eigenvalue weighted by molar-refractivity contribution is 7.10. The molecule has 0 aliphatic carbocycles. The van der Waals surface area contributed by atoms with Crippen LogP contribution in [0.25, 0.3) is 0 Å². The van der Waals surface area contributed by atoms with Crippen molar-refractivity contribution in [3.8, 4) is 0 Å². The maximum absolute atomic E-state index is 12.9. The number of halogens is 2. The Hall–Kier alpha value is -1.92. The van der Waals surface area contributed by atoms with Gasteiger partial charge in [0.15, 0.2) is 0 Å². The van der Waals surface area contributed by atoms with Crippen LogP contribution in [0, 0.1) is 5.82 Å². The largest absolute Gasteiger partial charge is 0.481 e. The Balaban J connectivity index is 1.87. The summed E-state index contributed by atoms with van der Waals surface area (Å²) in [5, 5.41) is 14.3. The van der Waals surface area contributed by atoms with Crippen molar-refractivity contribution < 1.29 is 19.1 Å². The first-order valence-corrected chi connectivity index (χ1v) is 8.19. The van der Waals surface area contributed by atoms with Crippen LogP contribution in [0.1, 0.15) is 22.8 Å². The van der Waals surface area contributed by atoms with Crippen LogP contribution in [0.5, 0.6) is 0 Å². The number of amides is 1. The lowest BCUT2D eigenvalue weighted by atomic mass is 9.99. The van der Waals surface area contributed by atoms with Gasteiger partial charge >= 0.3 is 5.97 Å². The number of hydrogen-bond acceptors (Lipinski definition) is 3. The summed E-state index contributed by atoms with van der Waals surface area (Å²) in [5.74, 6) is -2.64. The van der Waals surface area contributed by atoms with Crippen LogP contribution in [-0.2, 0) is 16.0 Å². The molecule has 122 valence electrons. The van der Waals surface area contributed by atoms with Gasteiger partial charge in [0, 0.05) is 23.2 Å². The van der Waals surface area contributed by atoms with Crippen molar-refractivity contribution in [2.24, 2.45) is 0 Å². The fourth-order valence-corrected chi connectivity index (χ4v) is 3.15. The van der Waals surface area contributed by atoms with Crippen LogP contribution in [-0.4, -0.2) is 23.5 Å². The van der Waals surface area contributed by atoms with Crippen LogP contribution in [0.4, 0.5) is 4.39 Å². The molecule has 2 rings (SSSR count). The summed E-state index contributed by atoms with van der Waals surface area (Å²) in [7, 11) is 0. The summed E-state index contributed by atoms with van der Waals surface area (Å²) in [6, 6.07) is 7.03. The molecule has 23 heavy (non-hydrogen) atoms.